The third kappa shape index (κ3) is 2.82. The Kier molecular flexibility index (Phi) is 4.34. The number of hydrogen-bond donors (Lipinski definition) is 2. The Morgan fingerprint density at radius 3 is 2.77 bits per heavy atom. The van der Waals surface area contributed by atoms with Gasteiger partial charge < -0.3 is 14.7 Å². The van der Waals surface area contributed by atoms with E-state index in [1.807, 2.05) is 48.5 Å². The van der Waals surface area contributed by atoms with E-state index in [-0.39, 0.29) is 18.1 Å². The summed E-state index contributed by atoms with van der Waals surface area (Å²) in [6, 6.07) is 15.5. The second-order valence-corrected chi connectivity index (χ2v) is 7.09. The Labute approximate surface area is 155 Å². The van der Waals surface area contributed by atoms with Gasteiger partial charge in [0.1, 0.15) is 22.4 Å². The SMILES string of the molecule is CCCOc1ccccc1N1CC(O)=C(c2nc3ccccc3s2)C1=N. The molecule has 2 heterocycles. The Bertz CT molecular complexity index is 976. The molecule has 26 heavy (non-hydrogen) atoms. The molecule has 2 N–H and O–H groups in total. The Hall–Kier alpha value is -2.86. The van der Waals surface area contributed by atoms with Gasteiger partial charge in [-0.05, 0) is 30.7 Å². The van der Waals surface area contributed by atoms with E-state index in [9.17, 15) is 5.11 Å². The highest BCUT2D eigenvalue weighted by Crippen LogP contribution is 2.38. The number of thiazole rings is 1. The molecule has 2 aromatic carbocycles. The molecule has 0 amide bonds. The van der Waals surface area contributed by atoms with E-state index in [0.717, 1.165) is 28.1 Å². The molecular weight excluding hydrogens is 346 g/mol. The highest BCUT2D eigenvalue weighted by molar-refractivity contribution is 7.19. The molecule has 5 nitrogen and oxygen atoms in total. The van der Waals surface area contributed by atoms with Crippen LogP contribution in [0, 0.1) is 5.41 Å². The van der Waals surface area contributed by atoms with E-state index in [1.165, 1.54) is 11.3 Å². The lowest BCUT2D eigenvalue weighted by Crippen LogP contribution is -2.26. The maximum atomic E-state index is 10.6. The lowest BCUT2D eigenvalue weighted by Gasteiger charge is -2.21. The zero-order valence-corrected chi connectivity index (χ0v) is 15.2. The number of aromatic nitrogens is 1. The number of rotatable bonds is 5. The number of para-hydroxylation sites is 3. The molecule has 0 aliphatic carbocycles. The first-order valence-electron chi connectivity index (χ1n) is 8.55. The molecule has 0 saturated heterocycles. The lowest BCUT2D eigenvalue weighted by molar-refractivity contribution is 0.318. The second-order valence-electron chi connectivity index (χ2n) is 6.06. The van der Waals surface area contributed by atoms with Gasteiger partial charge in [0.25, 0.3) is 0 Å². The summed E-state index contributed by atoms with van der Waals surface area (Å²) in [6.07, 6.45) is 0.909. The van der Waals surface area contributed by atoms with E-state index >= 15 is 0 Å². The van der Waals surface area contributed by atoms with Gasteiger partial charge in [-0.15, -0.1) is 11.3 Å². The number of nitrogens with zero attached hydrogens (tertiary/aromatic N) is 2. The summed E-state index contributed by atoms with van der Waals surface area (Å²) in [5, 5.41) is 19.9. The van der Waals surface area contributed by atoms with Crippen LogP contribution in [0.5, 0.6) is 5.75 Å². The summed E-state index contributed by atoms with van der Waals surface area (Å²) in [5.41, 5.74) is 2.16. The van der Waals surface area contributed by atoms with Crippen molar-refractivity contribution in [3.8, 4) is 5.75 Å². The van der Waals surface area contributed by atoms with E-state index in [1.54, 1.807) is 4.90 Å². The van der Waals surface area contributed by atoms with Gasteiger partial charge in [0.05, 0.1) is 34.6 Å². The van der Waals surface area contributed by atoms with Crippen molar-refractivity contribution in [3.05, 3.63) is 59.3 Å². The molecule has 6 heteroatoms. The van der Waals surface area contributed by atoms with Crippen molar-refractivity contribution in [1.29, 1.82) is 5.41 Å². The van der Waals surface area contributed by atoms with E-state index < -0.39 is 0 Å². The van der Waals surface area contributed by atoms with Crippen molar-refractivity contribution >= 4 is 38.6 Å². The molecule has 0 radical (unpaired) electrons. The number of anilines is 1. The van der Waals surface area contributed by atoms with Crippen LogP contribution in [-0.2, 0) is 0 Å². The van der Waals surface area contributed by atoms with Crippen LogP contribution in [-0.4, -0.2) is 29.1 Å². The average Bonchev–Trinajstić information content (AvgIpc) is 3.20. The summed E-state index contributed by atoms with van der Waals surface area (Å²) < 4.78 is 6.86. The van der Waals surface area contributed by atoms with Crippen LogP contribution in [0.1, 0.15) is 18.4 Å². The molecule has 0 unspecified atom stereocenters. The van der Waals surface area contributed by atoms with Crippen LogP contribution in [0.3, 0.4) is 0 Å². The van der Waals surface area contributed by atoms with Gasteiger partial charge in [0, 0.05) is 0 Å². The number of hydrogen-bond acceptors (Lipinski definition) is 5. The number of ether oxygens (including phenoxy) is 1. The number of aliphatic hydroxyl groups excluding tert-OH is 1. The molecule has 3 aromatic rings. The zero-order chi connectivity index (χ0) is 18.1. The van der Waals surface area contributed by atoms with Crippen molar-refractivity contribution in [2.45, 2.75) is 13.3 Å². The number of amidine groups is 1. The van der Waals surface area contributed by atoms with Crippen LogP contribution < -0.4 is 9.64 Å². The van der Waals surface area contributed by atoms with Crippen molar-refractivity contribution < 1.29 is 9.84 Å². The van der Waals surface area contributed by atoms with Crippen LogP contribution in [0.2, 0.25) is 0 Å². The normalized spacial score (nSPS) is 14.5. The summed E-state index contributed by atoms with van der Waals surface area (Å²) in [7, 11) is 0. The van der Waals surface area contributed by atoms with Crippen molar-refractivity contribution in [1.82, 2.24) is 4.98 Å². The first kappa shape index (κ1) is 16.6. The molecule has 132 valence electrons. The first-order chi connectivity index (χ1) is 12.7. The minimum Gasteiger partial charge on any atom is -0.510 e. The highest BCUT2D eigenvalue weighted by Gasteiger charge is 2.32. The molecule has 0 spiro atoms. The van der Waals surface area contributed by atoms with Crippen LogP contribution >= 0.6 is 11.3 Å². The maximum absolute atomic E-state index is 10.6. The Morgan fingerprint density at radius 1 is 1.19 bits per heavy atom. The van der Waals surface area contributed by atoms with Gasteiger partial charge in [0.2, 0.25) is 0 Å². The molecule has 0 fully saturated rings. The van der Waals surface area contributed by atoms with Crippen LogP contribution in [0.25, 0.3) is 15.8 Å². The summed E-state index contributed by atoms with van der Waals surface area (Å²) >= 11 is 1.49. The lowest BCUT2D eigenvalue weighted by atomic mass is 10.2. The minimum absolute atomic E-state index is 0.166. The predicted molar refractivity (Wildman–Crippen MR) is 106 cm³/mol. The van der Waals surface area contributed by atoms with Gasteiger partial charge in [-0.2, -0.15) is 0 Å². The summed E-state index contributed by atoms with van der Waals surface area (Å²) in [5.74, 6) is 1.13. The molecular formula is C20H19N3O2S. The second kappa shape index (κ2) is 6.80. The third-order valence-corrected chi connectivity index (χ3v) is 5.28. The van der Waals surface area contributed by atoms with Gasteiger partial charge in [-0.25, -0.2) is 4.98 Å². The summed E-state index contributed by atoms with van der Waals surface area (Å²) in [4.78, 5) is 6.36. The molecule has 0 bridgehead atoms. The van der Waals surface area contributed by atoms with Crippen molar-refractivity contribution in [2.75, 3.05) is 18.1 Å². The number of nitrogens with one attached hydrogen (secondary N) is 1. The monoisotopic (exact) mass is 365 g/mol. The molecule has 1 aliphatic heterocycles. The highest BCUT2D eigenvalue weighted by atomic mass is 32.1. The third-order valence-electron chi connectivity index (χ3n) is 4.23. The number of benzene rings is 2. The molecule has 4 rings (SSSR count). The fourth-order valence-electron chi connectivity index (χ4n) is 3.00. The van der Waals surface area contributed by atoms with Gasteiger partial charge in [-0.1, -0.05) is 31.2 Å². The van der Waals surface area contributed by atoms with Gasteiger partial charge in [-0.3, -0.25) is 5.41 Å². The maximum Gasteiger partial charge on any atom is 0.142 e. The molecule has 1 aliphatic rings. The fraction of sp³-hybridized carbons (Fsp3) is 0.200. The quantitative estimate of drug-likeness (QED) is 0.678. The van der Waals surface area contributed by atoms with Gasteiger partial charge >= 0.3 is 0 Å². The minimum atomic E-state index is 0.166. The van der Waals surface area contributed by atoms with Crippen molar-refractivity contribution in [3.63, 3.8) is 0 Å². The smallest absolute Gasteiger partial charge is 0.142 e. The standard InChI is InChI=1S/C20H19N3O2S/c1-2-11-25-16-9-5-4-8-14(16)23-12-15(24)18(19(23)21)20-22-13-7-3-6-10-17(13)26-20/h3-10,21,24H,2,11-12H2,1H3. The molecule has 1 aromatic heterocycles. The van der Waals surface area contributed by atoms with Crippen LogP contribution in [0.15, 0.2) is 54.3 Å². The van der Waals surface area contributed by atoms with Gasteiger partial charge in [0.15, 0.2) is 0 Å². The van der Waals surface area contributed by atoms with E-state index in [4.69, 9.17) is 10.1 Å². The fourth-order valence-corrected chi connectivity index (χ4v) is 4.04. The molecule has 0 saturated carbocycles. The largest absolute Gasteiger partial charge is 0.510 e. The summed E-state index contributed by atoms with van der Waals surface area (Å²) in [6.45, 7) is 2.91. The van der Waals surface area contributed by atoms with E-state index in [0.29, 0.717) is 17.2 Å². The average molecular weight is 365 g/mol. The first-order valence-corrected chi connectivity index (χ1v) is 9.37. The topological polar surface area (TPSA) is 69.4 Å². The number of fused-ring (bicyclic) bond motifs is 1. The molecule has 0 atom stereocenters. The van der Waals surface area contributed by atoms with Crippen molar-refractivity contribution in [2.24, 2.45) is 0 Å². The predicted octanol–water partition coefficient (Wildman–Crippen LogP) is 4.85. The Balaban J connectivity index is 1.69. The zero-order valence-electron chi connectivity index (χ0n) is 14.4. The van der Waals surface area contributed by atoms with E-state index in [2.05, 4.69) is 11.9 Å². The van der Waals surface area contributed by atoms with Crippen LogP contribution in [0.4, 0.5) is 5.69 Å². The Morgan fingerprint density at radius 2 is 1.96 bits per heavy atom. The number of aliphatic hydroxyl groups is 1.